The number of para-hydroxylation sites is 1. The lowest BCUT2D eigenvalue weighted by atomic mass is 9.99. The number of carbonyl (C=O) groups is 3. The summed E-state index contributed by atoms with van der Waals surface area (Å²) in [5, 5.41) is 3.07. The summed E-state index contributed by atoms with van der Waals surface area (Å²) in [6.07, 6.45) is 5.24. The predicted octanol–water partition coefficient (Wildman–Crippen LogP) is 4.59. The van der Waals surface area contributed by atoms with Gasteiger partial charge in [-0.25, -0.2) is 14.6 Å². The van der Waals surface area contributed by atoms with Gasteiger partial charge < -0.3 is 34.6 Å². The number of carbonyl (C=O) groups excluding carboxylic acids is 3. The van der Waals surface area contributed by atoms with Crippen LogP contribution in [0, 0.1) is 6.92 Å². The number of nitrogens with one attached hydrogen (secondary N) is 2. The van der Waals surface area contributed by atoms with E-state index in [0.717, 1.165) is 84.7 Å². The standard InChI is InChI=1S/C39H52N8O4/c1-26-23-27(24-33-35(26)42-36(40-33)29-7-8-29)25-34(37(48)45-14-10-30(11-15-45)44-21-19-43(2)20-22-44)51-39(50)46-16-12-31(13-17-46)47-18-9-28-5-3-4-6-32(28)41-38(47)49/h3-6,23-24,29-31,34H,7-22,25H2,1-2H3,(H,40,42)(H,41,49). The first-order valence-corrected chi connectivity index (χ1v) is 19.1. The number of fused-ring (bicyclic) bond motifs is 2. The molecule has 5 heterocycles. The number of aryl methyl sites for hydroxylation is 1. The summed E-state index contributed by atoms with van der Waals surface area (Å²) in [5.41, 5.74) is 5.96. The van der Waals surface area contributed by atoms with Crippen molar-refractivity contribution < 1.29 is 19.1 Å². The molecule has 0 bridgehead atoms. The first kappa shape index (κ1) is 34.0. The molecule has 8 rings (SSSR count). The highest BCUT2D eigenvalue weighted by Gasteiger charge is 2.37. The highest BCUT2D eigenvalue weighted by Crippen LogP contribution is 2.39. The van der Waals surface area contributed by atoms with Gasteiger partial charge in [0.1, 0.15) is 5.82 Å². The van der Waals surface area contributed by atoms with Crippen LogP contribution in [0.3, 0.4) is 0 Å². The van der Waals surface area contributed by atoms with Crippen molar-refractivity contribution >= 4 is 34.8 Å². The molecule has 3 aromatic rings. The molecule has 2 N–H and O–H groups in total. The van der Waals surface area contributed by atoms with E-state index in [1.165, 1.54) is 12.8 Å². The third kappa shape index (κ3) is 7.44. The van der Waals surface area contributed by atoms with E-state index in [1.54, 1.807) is 4.90 Å². The SMILES string of the molecule is Cc1cc(CC(OC(=O)N2CCC(N3CCc4ccccc4NC3=O)CC2)C(=O)N2CCC(N3CCN(C)CC3)CC2)cc2[nH]c(C3CC3)nc12. The largest absolute Gasteiger partial charge is 0.436 e. The molecule has 5 aliphatic rings. The minimum atomic E-state index is -0.923. The number of rotatable bonds is 7. The lowest BCUT2D eigenvalue weighted by Gasteiger charge is -2.42. The zero-order valence-corrected chi connectivity index (χ0v) is 30.1. The molecule has 1 atom stereocenters. The molecular weight excluding hydrogens is 644 g/mol. The quantitative estimate of drug-likeness (QED) is 0.371. The van der Waals surface area contributed by atoms with E-state index >= 15 is 0 Å². The average Bonchev–Trinajstić information content (AvgIpc) is 3.93. The van der Waals surface area contributed by atoms with Crippen molar-refractivity contribution in [2.75, 3.05) is 71.3 Å². The van der Waals surface area contributed by atoms with Crippen LogP contribution in [0.15, 0.2) is 36.4 Å². The first-order valence-electron chi connectivity index (χ1n) is 19.1. The molecule has 2 aromatic carbocycles. The fourth-order valence-corrected chi connectivity index (χ4v) is 8.58. The van der Waals surface area contributed by atoms with Gasteiger partial charge in [0.15, 0.2) is 6.10 Å². The summed E-state index contributed by atoms with van der Waals surface area (Å²) < 4.78 is 6.19. The Labute approximate surface area is 300 Å². The van der Waals surface area contributed by atoms with Crippen LogP contribution in [-0.4, -0.2) is 137 Å². The second-order valence-corrected chi connectivity index (χ2v) is 15.4. The Bertz CT molecular complexity index is 1750. The van der Waals surface area contributed by atoms with Crippen LogP contribution in [0.1, 0.15) is 67.0 Å². The first-order chi connectivity index (χ1) is 24.8. The number of benzene rings is 2. The van der Waals surface area contributed by atoms with Crippen molar-refractivity contribution in [2.45, 2.75) is 82.4 Å². The third-order valence-corrected chi connectivity index (χ3v) is 11.9. The number of ether oxygens (including phenoxy) is 1. The zero-order chi connectivity index (χ0) is 35.1. The minimum absolute atomic E-state index is 0.0343. The number of urea groups is 1. The summed E-state index contributed by atoms with van der Waals surface area (Å²) >= 11 is 0. The van der Waals surface area contributed by atoms with Crippen LogP contribution in [0.2, 0.25) is 0 Å². The number of hydrogen-bond acceptors (Lipinski definition) is 7. The molecule has 1 aromatic heterocycles. The second kappa shape index (κ2) is 14.5. The minimum Gasteiger partial charge on any atom is -0.436 e. The molecule has 1 saturated carbocycles. The predicted molar refractivity (Wildman–Crippen MR) is 196 cm³/mol. The summed E-state index contributed by atoms with van der Waals surface area (Å²) in [4.78, 5) is 60.1. The Morgan fingerprint density at radius 1 is 0.882 bits per heavy atom. The number of amides is 4. The number of likely N-dealkylation sites (N-methyl/N-ethyl adjacent to an activating group) is 1. The van der Waals surface area contributed by atoms with Crippen LogP contribution in [-0.2, 0) is 22.4 Å². The van der Waals surface area contributed by atoms with Gasteiger partial charge in [-0.2, -0.15) is 0 Å². The summed E-state index contributed by atoms with van der Waals surface area (Å²) in [6, 6.07) is 12.5. The Kier molecular flexibility index (Phi) is 9.63. The number of H-pyrrole nitrogens is 1. The van der Waals surface area contributed by atoms with E-state index in [1.807, 2.05) is 28.0 Å². The molecule has 1 aliphatic carbocycles. The molecule has 4 aliphatic heterocycles. The van der Waals surface area contributed by atoms with E-state index in [4.69, 9.17) is 9.72 Å². The van der Waals surface area contributed by atoms with E-state index in [2.05, 4.69) is 52.3 Å². The van der Waals surface area contributed by atoms with Crippen molar-refractivity contribution in [2.24, 2.45) is 0 Å². The number of imidazole rings is 1. The maximum Gasteiger partial charge on any atom is 0.410 e. The highest BCUT2D eigenvalue weighted by atomic mass is 16.6. The maximum absolute atomic E-state index is 14.3. The van der Waals surface area contributed by atoms with Gasteiger partial charge >= 0.3 is 12.1 Å². The fourth-order valence-electron chi connectivity index (χ4n) is 8.58. The summed E-state index contributed by atoms with van der Waals surface area (Å²) in [5.74, 6) is 1.44. The van der Waals surface area contributed by atoms with Crippen LogP contribution in [0.5, 0.6) is 0 Å². The van der Waals surface area contributed by atoms with Gasteiger partial charge in [0.05, 0.1) is 11.0 Å². The molecule has 12 nitrogen and oxygen atoms in total. The topological polar surface area (TPSA) is 117 Å². The molecule has 0 radical (unpaired) electrons. The van der Waals surface area contributed by atoms with Gasteiger partial charge in [-0.05, 0) is 87.7 Å². The molecule has 4 amide bonds. The van der Waals surface area contributed by atoms with Crippen molar-refractivity contribution in [3.05, 3.63) is 58.9 Å². The Balaban J connectivity index is 0.935. The number of aromatic amines is 1. The molecule has 1 unspecified atom stereocenters. The normalized spacial score (nSPS) is 22.1. The Morgan fingerprint density at radius 2 is 1.59 bits per heavy atom. The van der Waals surface area contributed by atoms with Crippen LogP contribution in [0.4, 0.5) is 15.3 Å². The monoisotopic (exact) mass is 696 g/mol. The lowest BCUT2D eigenvalue weighted by molar-refractivity contribution is -0.142. The lowest BCUT2D eigenvalue weighted by Crippen LogP contribution is -2.54. The van der Waals surface area contributed by atoms with E-state index in [-0.39, 0.29) is 18.0 Å². The van der Waals surface area contributed by atoms with Crippen LogP contribution >= 0.6 is 0 Å². The molecule has 272 valence electrons. The average molecular weight is 697 g/mol. The number of anilines is 1. The number of aromatic nitrogens is 2. The van der Waals surface area contributed by atoms with Crippen LogP contribution < -0.4 is 5.32 Å². The number of hydrogen-bond donors (Lipinski definition) is 2. The summed E-state index contributed by atoms with van der Waals surface area (Å²) in [7, 11) is 2.17. The van der Waals surface area contributed by atoms with Crippen molar-refractivity contribution in [1.29, 1.82) is 0 Å². The van der Waals surface area contributed by atoms with Crippen molar-refractivity contribution in [3.8, 4) is 0 Å². The zero-order valence-electron chi connectivity index (χ0n) is 30.1. The Morgan fingerprint density at radius 3 is 2.33 bits per heavy atom. The third-order valence-electron chi connectivity index (χ3n) is 11.9. The van der Waals surface area contributed by atoms with Gasteiger partial charge in [0, 0.05) is 89.0 Å². The van der Waals surface area contributed by atoms with Gasteiger partial charge in [0.25, 0.3) is 5.91 Å². The number of likely N-dealkylation sites (tertiary alicyclic amines) is 2. The van der Waals surface area contributed by atoms with Gasteiger partial charge in [-0.3, -0.25) is 9.69 Å². The smallest absolute Gasteiger partial charge is 0.410 e. The Hall–Kier alpha value is -4.16. The second-order valence-electron chi connectivity index (χ2n) is 15.4. The molecule has 12 heteroatoms. The van der Waals surface area contributed by atoms with E-state index < -0.39 is 12.2 Å². The van der Waals surface area contributed by atoms with E-state index in [0.29, 0.717) is 63.9 Å². The highest BCUT2D eigenvalue weighted by molar-refractivity contribution is 5.91. The van der Waals surface area contributed by atoms with E-state index in [9.17, 15) is 14.4 Å². The molecule has 51 heavy (non-hydrogen) atoms. The molecule has 4 fully saturated rings. The maximum atomic E-state index is 14.3. The van der Waals surface area contributed by atoms with Crippen molar-refractivity contribution in [3.63, 3.8) is 0 Å². The molecule has 0 spiro atoms. The van der Waals surface area contributed by atoms with Crippen LogP contribution in [0.25, 0.3) is 11.0 Å². The van der Waals surface area contributed by atoms with Crippen molar-refractivity contribution in [1.82, 2.24) is 34.5 Å². The van der Waals surface area contributed by atoms with Gasteiger partial charge in [-0.1, -0.05) is 24.3 Å². The fraction of sp³-hybridized carbons (Fsp3) is 0.590. The number of piperidine rings is 2. The number of nitrogens with zero attached hydrogens (tertiary/aromatic N) is 6. The molecule has 3 saturated heterocycles. The summed E-state index contributed by atoms with van der Waals surface area (Å²) in [6.45, 7) is 9.28. The van der Waals surface area contributed by atoms with Gasteiger partial charge in [0.2, 0.25) is 0 Å². The van der Waals surface area contributed by atoms with Gasteiger partial charge in [-0.15, -0.1) is 0 Å². The molecular formula is C39H52N8O4. The number of piperazine rings is 1.